The van der Waals surface area contributed by atoms with Gasteiger partial charge in [0.25, 0.3) is 0 Å². The standard InChI is InChI=1S/C11H14IN5O/c1-7-4-10(16(3)15-7)14-11(18)8(2)17-6-9(12)5-13-17/h4-6,8H,1-3H3,(H,14,18). The van der Waals surface area contributed by atoms with Crippen molar-refractivity contribution < 1.29 is 4.79 Å². The normalized spacial score (nSPS) is 12.4. The summed E-state index contributed by atoms with van der Waals surface area (Å²) in [5.41, 5.74) is 0.870. The summed E-state index contributed by atoms with van der Waals surface area (Å²) in [6, 6.07) is 1.47. The van der Waals surface area contributed by atoms with E-state index < -0.39 is 0 Å². The van der Waals surface area contributed by atoms with Gasteiger partial charge < -0.3 is 5.32 Å². The third kappa shape index (κ3) is 2.71. The van der Waals surface area contributed by atoms with Crippen LogP contribution in [0.5, 0.6) is 0 Å². The van der Waals surface area contributed by atoms with Gasteiger partial charge in [-0.05, 0) is 36.4 Å². The van der Waals surface area contributed by atoms with Crippen LogP contribution in [0.15, 0.2) is 18.5 Å². The molecule has 0 aliphatic carbocycles. The molecule has 0 spiro atoms. The summed E-state index contributed by atoms with van der Waals surface area (Å²) in [4.78, 5) is 12.1. The SMILES string of the molecule is Cc1cc(NC(=O)C(C)n2cc(I)cn2)n(C)n1. The van der Waals surface area contributed by atoms with E-state index in [4.69, 9.17) is 0 Å². The van der Waals surface area contributed by atoms with Gasteiger partial charge in [0.1, 0.15) is 11.9 Å². The molecule has 2 aromatic heterocycles. The van der Waals surface area contributed by atoms with E-state index in [-0.39, 0.29) is 11.9 Å². The minimum Gasteiger partial charge on any atom is -0.309 e. The molecule has 0 bridgehead atoms. The van der Waals surface area contributed by atoms with Crippen molar-refractivity contribution in [1.82, 2.24) is 19.6 Å². The van der Waals surface area contributed by atoms with Crippen LogP contribution in [-0.4, -0.2) is 25.5 Å². The van der Waals surface area contributed by atoms with E-state index in [0.717, 1.165) is 9.26 Å². The molecule has 0 aromatic carbocycles. The average molecular weight is 359 g/mol. The van der Waals surface area contributed by atoms with E-state index in [1.807, 2.05) is 26.1 Å². The number of carbonyl (C=O) groups is 1. The van der Waals surface area contributed by atoms with Gasteiger partial charge in [0, 0.05) is 19.3 Å². The number of rotatable bonds is 3. The second-order valence-electron chi connectivity index (χ2n) is 4.10. The van der Waals surface area contributed by atoms with Gasteiger partial charge in [-0.25, -0.2) is 0 Å². The summed E-state index contributed by atoms with van der Waals surface area (Å²) in [6.45, 7) is 3.69. The fourth-order valence-corrected chi connectivity index (χ4v) is 2.01. The molecule has 6 nitrogen and oxygen atoms in total. The van der Waals surface area contributed by atoms with Crippen LogP contribution in [-0.2, 0) is 11.8 Å². The van der Waals surface area contributed by atoms with Crippen LogP contribution in [0, 0.1) is 10.5 Å². The third-order valence-corrected chi connectivity index (χ3v) is 3.16. The maximum absolute atomic E-state index is 12.1. The first-order valence-electron chi connectivity index (χ1n) is 5.48. The van der Waals surface area contributed by atoms with E-state index in [1.54, 1.807) is 22.6 Å². The molecule has 7 heteroatoms. The number of hydrogen-bond donors (Lipinski definition) is 1. The number of nitrogens with one attached hydrogen (secondary N) is 1. The van der Waals surface area contributed by atoms with E-state index in [9.17, 15) is 4.79 Å². The quantitative estimate of drug-likeness (QED) is 0.849. The number of aryl methyl sites for hydroxylation is 2. The predicted molar refractivity (Wildman–Crippen MR) is 76.2 cm³/mol. The van der Waals surface area contributed by atoms with Crippen molar-refractivity contribution in [1.29, 1.82) is 0 Å². The molecule has 0 aliphatic heterocycles. The Kier molecular flexibility index (Phi) is 3.69. The summed E-state index contributed by atoms with van der Waals surface area (Å²) in [6.07, 6.45) is 3.55. The van der Waals surface area contributed by atoms with Crippen LogP contribution in [0.25, 0.3) is 0 Å². The maximum atomic E-state index is 12.1. The Morgan fingerprint density at radius 1 is 1.56 bits per heavy atom. The average Bonchev–Trinajstić information content (AvgIpc) is 2.85. The molecule has 0 aliphatic rings. The highest BCUT2D eigenvalue weighted by molar-refractivity contribution is 14.1. The van der Waals surface area contributed by atoms with E-state index >= 15 is 0 Å². The molecule has 0 saturated carbocycles. The van der Waals surface area contributed by atoms with Gasteiger partial charge >= 0.3 is 0 Å². The van der Waals surface area contributed by atoms with E-state index in [0.29, 0.717) is 5.82 Å². The number of halogens is 1. The van der Waals surface area contributed by atoms with Gasteiger partial charge in [-0.2, -0.15) is 10.2 Å². The molecule has 96 valence electrons. The minimum atomic E-state index is -0.358. The van der Waals surface area contributed by atoms with Gasteiger partial charge in [-0.1, -0.05) is 0 Å². The van der Waals surface area contributed by atoms with Gasteiger partial charge in [-0.3, -0.25) is 14.2 Å². The predicted octanol–water partition coefficient (Wildman–Crippen LogP) is 1.73. The maximum Gasteiger partial charge on any atom is 0.250 e. The van der Waals surface area contributed by atoms with E-state index in [1.165, 1.54) is 0 Å². The summed E-state index contributed by atoms with van der Waals surface area (Å²) in [7, 11) is 1.80. The Morgan fingerprint density at radius 2 is 2.28 bits per heavy atom. The lowest BCUT2D eigenvalue weighted by molar-refractivity contribution is -0.119. The van der Waals surface area contributed by atoms with Crippen molar-refractivity contribution in [2.24, 2.45) is 7.05 Å². The molecule has 1 atom stereocenters. The van der Waals surface area contributed by atoms with Gasteiger partial charge in [-0.15, -0.1) is 0 Å². The van der Waals surface area contributed by atoms with Gasteiger partial charge in [0.05, 0.1) is 15.5 Å². The van der Waals surface area contributed by atoms with Crippen molar-refractivity contribution in [3.05, 3.63) is 27.7 Å². The molecule has 2 heterocycles. The fraction of sp³-hybridized carbons (Fsp3) is 0.364. The first-order chi connectivity index (χ1) is 8.47. The Bertz CT molecular complexity index is 574. The first kappa shape index (κ1) is 13.1. The molecule has 18 heavy (non-hydrogen) atoms. The molecular weight excluding hydrogens is 345 g/mol. The molecule has 1 N–H and O–H groups in total. The molecule has 2 rings (SSSR count). The monoisotopic (exact) mass is 359 g/mol. The zero-order valence-electron chi connectivity index (χ0n) is 10.4. The van der Waals surface area contributed by atoms with Crippen LogP contribution >= 0.6 is 22.6 Å². The second-order valence-corrected chi connectivity index (χ2v) is 5.34. The van der Waals surface area contributed by atoms with Crippen molar-refractivity contribution in [3.8, 4) is 0 Å². The first-order valence-corrected chi connectivity index (χ1v) is 6.56. The van der Waals surface area contributed by atoms with Crippen LogP contribution in [0.1, 0.15) is 18.7 Å². The molecule has 1 amide bonds. The molecule has 0 fully saturated rings. The van der Waals surface area contributed by atoms with Crippen LogP contribution < -0.4 is 5.32 Å². The lowest BCUT2D eigenvalue weighted by Gasteiger charge is -2.12. The number of aromatic nitrogens is 4. The Hall–Kier alpha value is -1.38. The highest BCUT2D eigenvalue weighted by Gasteiger charge is 2.17. The van der Waals surface area contributed by atoms with Crippen LogP contribution in [0.3, 0.4) is 0 Å². The number of nitrogens with zero attached hydrogens (tertiary/aromatic N) is 4. The Labute approximate surface area is 119 Å². The van der Waals surface area contributed by atoms with Crippen molar-refractivity contribution in [3.63, 3.8) is 0 Å². The molecule has 0 radical (unpaired) electrons. The van der Waals surface area contributed by atoms with Crippen LogP contribution in [0.4, 0.5) is 5.82 Å². The zero-order valence-corrected chi connectivity index (χ0v) is 12.5. The number of carbonyl (C=O) groups excluding carboxylic acids is 1. The van der Waals surface area contributed by atoms with Crippen LogP contribution in [0.2, 0.25) is 0 Å². The molecular formula is C11H14IN5O. The minimum absolute atomic E-state index is 0.113. The second kappa shape index (κ2) is 5.09. The third-order valence-electron chi connectivity index (χ3n) is 2.60. The summed E-state index contributed by atoms with van der Waals surface area (Å²) < 4.78 is 4.29. The summed E-state index contributed by atoms with van der Waals surface area (Å²) in [5.74, 6) is 0.573. The fourth-order valence-electron chi connectivity index (χ4n) is 1.61. The Morgan fingerprint density at radius 3 is 2.78 bits per heavy atom. The summed E-state index contributed by atoms with van der Waals surface area (Å²) in [5, 5.41) is 11.1. The van der Waals surface area contributed by atoms with Crippen molar-refractivity contribution in [2.45, 2.75) is 19.9 Å². The largest absolute Gasteiger partial charge is 0.309 e. The van der Waals surface area contributed by atoms with Crippen molar-refractivity contribution >= 4 is 34.3 Å². The zero-order chi connectivity index (χ0) is 13.3. The van der Waals surface area contributed by atoms with Gasteiger partial charge in [0.2, 0.25) is 5.91 Å². The summed E-state index contributed by atoms with van der Waals surface area (Å²) >= 11 is 2.16. The number of hydrogen-bond acceptors (Lipinski definition) is 3. The highest BCUT2D eigenvalue weighted by Crippen LogP contribution is 2.13. The van der Waals surface area contributed by atoms with Crippen molar-refractivity contribution in [2.75, 3.05) is 5.32 Å². The van der Waals surface area contributed by atoms with Gasteiger partial charge in [0.15, 0.2) is 0 Å². The molecule has 2 aromatic rings. The molecule has 0 saturated heterocycles. The Balaban J connectivity index is 2.10. The smallest absolute Gasteiger partial charge is 0.250 e. The molecule has 1 unspecified atom stereocenters. The number of amides is 1. The lowest BCUT2D eigenvalue weighted by atomic mass is 10.3. The topological polar surface area (TPSA) is 64.7 Å². The lowest BCUT2D eigenvalue weighted by Crippen LogP contribution is -2.25. The van der Waals surface area contributed by atoms with E-state index in [2.05, 4.69) is 38.1 Å². The highest BCUT2D eigenvalue weighted by atomic mass is 127. The number of anilines is 1.